The Labute approximate surface area is 283 Å². The molecule has 4 unspecified atom stereocenters. The van der Waals surface area contributed by atoms with Gasteiger partial charge in [0.2, 0.25) is 11.7 Å². The molecule has 0 amide bonds. The van der Waals surface area contributed by atoms with Crippen LogP contribution in [0.4, 0.5) is 0 Å². The molecule has 49 heavy (non-hydrogen) atoms. The second-order valence-electron chi connectivity index (χ2n) is 14.8. The van der Waals surface area contributed by atoms with Gasteiger partial charge in [-0.2, -0.15) is 9.14 Å². The van der Waals surface area contributed by atoms with E-state index in [2.05, 4.69) is 142 Å². The Morgan fingerprint density at radius 3 is 2.59 bits per heavy atom. The Balaban J connectivity index is 1.08. The summed E-state index contributed by atoms with van der Waals surface area (Å²) >= 11 is 0. The number of pyridine rings is 1. The van der Waals surface area contributed by atoms with Crippen LogP contribution in [0.2, 0.25) is 0 Å². The summed E-state index contributed by atoms with van der Waals surface area (Å²) in [5.41, 5.74) is 14.7. The lowest BCUT2D eigenvalue weighted by atomic mass is 9.72. The Morgan fingerprint density at radius 1 is 0.755 bits per heavy atom. The summed E-state index contributed by atoms with van der Waals surface area (Å²) in [4.78, 5) is 0. The van der Waals surface area contributed by atoms with Crippen LogP contribution in [0.5, 0.6) is 0 Å². The minimum Gasteiger partial charge on any atom is -0.456 e. The summed E-state index contributed by atoms with van der Waals surface area (Å²) in [6.45, 7) is 2.44. The maximum atomic E-state index is 6.37. The van der Waals surface area contributed by atoms with E-state index in [1.54, 1.807) is 0 Å². The molecule has 0 saturated heterocycles. The zero-order valence-electron chi connectivity index (χ0n) is 27.4. The third-order valence-electron chi connectivity index (χ3n) is 12.4. The van der Waals surface area contributed by atoms with E-state index in [1.165, 1.54) is 77.4 Å². The summed E-state index contributed by atoms with van der Waals surface area (Å²) in [5.74, 6) is 1.21. The average molecular weight is 634 g/mol. The van der Waals surface area contributed by atoms with E-state index < -0.39 is 0 Å². The third-order valence-corrected chi connectivity index (χ3v) is 12.4. The molecule has 234 valence electrons. The standard InChI is InChI=1S/C45H35N3O/c1-26-28-11-2-3-12-29(28)37-16-7-9-20-47(37)44(26)41-22-27-21-39-34(23-33(27)38-17-6-8-19-46(38)41)31-14-10-15-32-35-25-43-36(24-40(35)48(39)45(31)32)30-13-4-5-18-42(30)49-43/h2-6,8,10-20,22,24-27,33,44H,7,9,21,23H2,1H3/q+2. The van der Waals surface area contributed by atoms with Crippen molar-refractivity contribution < 1.29 is 13.6 Å². The van der Waals surface area contributed by atoms with Gasteiger partial charge in [0.15, 0.2) is 11.9 Å². The molecule has 7 heterocycles. The molecular weight excluding hydrogens is 599 g/mol. The highest BCUT2D eigenvalue weighted by molar-refractivity contribution is 6.20. The number of hydrogen-bond acceptors (Lipinski definition) is 1. The van der Waals surface area contributed by atoms with Gasteiger partial charge in [-0.15, -0.1) is 0 Å². The topological polar surface area (TPSA) is 24.4 Å². The SMILES string of the molecule is CC1c2ccccc2C2=CCCC=[N+]2C1C1=CC2Cc3c(c4cccc5c6cc7oc8ccccc8c7cc6n3c45)CC2c2cccc[n+]21. The lowest BCUT2D eigenvalue weighted by Crippen LogP contribution is -2.52. The lowest BCUT2D eigenvalue weighted by Gasteiger charge is -2.35. The molecule has 0 fully saturated rings. The van der Waals surface area contributed by atoms with E-state index >= 15 is 0 Å². The largest absolute Gasteiger partial charge is 0.456 e. The van der Waals surface area contributed by atoms with Crippen molar-refractivity contribution in [3.63, 3.8) is 0 Å². The fourth-order valence-electron chi connectivity index (χ4n) is 10.4. The smallest absolute Gasteiger partial charge is 0.253 e. The fourth-order valence-corrected chi connectivity index (χ4v) is 10.4. The molecule has 12 rings (SSSR count). The van der Waals surface area contributed by atoms with E-state index in [0.717, 1.165) is 36.8 Å². The number of rotatable bonds is 1. The molecule has 0 spiro atoms. The van der Waals surface area contributed by atoms with E-state index in [0.29, 0.717) is 17.8 Å². The van der Waals surface area contributed by atoms with E-state index in [9.17, 15) is 0 Å². The lowest BCUT2D eigenvalue weighted by molar-refractivity contribution is -0.621. The normalized spacial score (nSPS) is 22.8. The molecule has 4 nitrogen and oxygen atoms in total. The van der Waals surface area contributed by atoms with E-state index in [-0.39, 0.29) is 6.04 Å². The fraction of sp³-hybridized carbons (Fsp3) is 0.200. The second kappa shape index (κ2) is 9.35. The van der Waals surface area contributed by atoms with Gasteiger partial charge in [0.25, 0.3) is 5.70 Å². The second-order valence-corrected chi connectivity index (χ2v) is 14.8. The van der Waals surface area contributed by atoms with Crippen molar-refractivity contribution in [2.24, 2.45) is 5.92 Å². The van der Waals surface area contributed by atoms with Crippen LogP contribution in [-0.4, -0.2) is 21.2 Å². The molecule has 1 aliphatic carbocycles. The summed E-state index contributed by atoms with van der Waals surface area (Å²) in [6, 6.07) is 36.3. The highest BCUT2D eigenvalue weighted by Crippen LogP contribution is 2.49. The van der Waals surface area contributed by atoms with Crippen molar-refractivity contribution in [2.45, 2.75) is 50.5 Å². The molecule has 0 saturated carbocycles. The van der Waals surface area contributed by atoms with Crippen LogP contribution in [0.1, 0.15) is 59.7 Å². The van der Waals surface area contributed by atoms with Gasteiger partial charge in [-0.25, -0.2) is 0 Å². The van der Waals surface area contributed by atoms with Crippen LogP contribution in [0.15, 0.2) is 120 Å². The summed E-state index contributed by atoms with van der Waals surface area (Å²) < 4.78 is 14.2. The first-order chi connectivity index (χ1) is 24.2. The monoisotopic (exact) mass is 633 g/mol. The highest BCUT2D eigenvalue weighted by atomic mass is 16.3. The van der Waals surface area contributed by atoms with Gasteiger partial charge in [-0.3, -0.25) is 0 Å². The van der Waals surface area contributed by atoms with Gasteiger partial charge in [0.1, 0.15) is 17.4 Å². The van der Waals surface area contributed by atoms with E-state index in [1.807, 2.05) is 0 Å². The van der Waals surface area contributed by atoms with Crippen LogP contribution < -0.4 is 4.57 Å². The van der Waals surface area contributed by atoms with Gasteiger partial charge in [-0.05, 0) is 66.8 Å². The number of allylic oxidation sites excluding steroid dienone is 2. The maximum absolute atomic E-state index is 6.37. The third kappa shape index (κ3) is 3.34. The maximum Gasteiger partial charge on any atom is 0.253 e. The quantitative estimate of drug-likeness (QED) is 0.165. The number of fused-ring (bicyclic) bond motifs is 15. The predicted octanol–water partition coefficient (Wildman–Crippen LogP) is 9.63. The molecular formula is C45H35N3O+2. The molecule has 4 aliphatic rings. The highest BCUT2D eigenvalue weighted by Gasteiger charge is 2.51. The van der Waals surface area contributed by atoms with Crippen molar-refractivity contribution in [3.8, 4) is 0 Å². The van der Waals surface area contributed by atoms with Crippen molar-refractivity contribution in [1.82, 2.24) is 4.40 Å². The van der Waals surface area contributed by atoms with Crippen molar-refractivity contribution >= 4 is 66.7 Å². The molecule has 0 bridgehead atoms. The number of para-hydroxylation sites is 2. The number of hydrogen-bond donors (Lipinski definition) is 0. The molecule has 0 N–H and O–H groups in total. The van der Waals surface area contributed by atoms with Crippen molar-refractivity contribution in [1.29, 1.82) is 0 Å². The Kier molecular flexibility index (Phi) is 5.05. The molecule has 3 aliphatic heterocycles. The number of benzene rings is 4. The zero-order valence-corrected chi connectivity index (χ0v) is 27.4. The van der Waals surface area contributed by atoms with Gasteiger partial charge in [0, 0.05) is 62.7 Å². The molecule has 0 radical (unpaired) electrons. The summed E-state index contributed by atoms with van der Waals surface area (Å²) in [5, 5.41) is 6.41. The Hall–Kier alpha value is -5.48. The Bertz CT molecular complexity index is 2820. The first-order valence-electron chi connectivity index (χ1n) is 18.0. The molecule has 4 aromatic heterocycles. The van der Waals surface area contributed by atoms with Gasteiger partial charge >= 0.3 is 0 Å². The zero-order chi connectivity index (χ0) is 32.0. The number of nitrogens with zero attached hydrogens (tertiary/aromatic N) is 3. The van der Waals surface area contributed by atoms with Gasteiger partial charge in [-0.1, -0.05) is 67.6 Å². The average Bonchev–Trinajstić information content (AvgIpc) is 3.79. The minimum absolute atomic E-state index is 0.242. The van der Waals surface area contributed by atoms with Crippen molar-refractivity contribution in [3.05, 3.63) is 143 Å². The first-order valence-corrected chi connectivity index (χ1v) is 18.0. The summed E-state index contributed by atoms with van der Waals surface area (Å²) in [6.07, 6.45) is 14.2. The first kappa shape index (κ1) is 26.5. The minimum atomic E-state index is 0.242. The van der Waals surface area contributed by atoms with Gasteiger partial charge in [0.05, 0.1) is 22.9 Å². The van der Waals surface area contributed by atoms with Crippen LogP contribution in [0.25, 0.3) is 60.5 Å². The molecule has 4 aromatic carbocycles. The summed E-state index contributed by atoms with van der Waals surface area (Å²) in [7, 11) is 0. The van der Waals surface area contributed by atoms with Crippen LogP contribution in [0.3, 0.4) is 0 Å². The van der Waals surface area contributed by atoms with Crippen LogP contribution in [-0.2, 0) is 12.8 Å². The van der Waals surface area contributed by atoms with Crippen LogP contribution >= 0.6 is 0 Å². The van der Waals surface area contributed by atoms with Crippen LogP contribution in [0, 0.1) is 5.92 Å². The molecule has 4 heteroatoms. The number of aromatic nitrogens is 2. The predicted molar refractivity (Wildman–Crippen MR) is 198 cm³/mol. The Morgan fingerprint density at radius 2 is 1.61 bits per heavy atom. The molecule has 8 aromatic rings. The molecule has 4 atom stereocenters. The van der Waals surface area contributed by atoms with Crippen molar-refractivity contribution in [2.75, 3.05) is 0 Å². The van der Waals surface area contributed by atoms with E-state index in [4.69, 9.17) is 4.42 Å². The van der Waals surface area contributed by atoms with Gasteiger partial charge < -0.3 is 8.82 Å². The number of furan rings is 1.